The van der Waals surface area contributed by atoms with Gasteiger partial charge in [-0.05, 0) is 68.4 Å². The molecule has 162 valence electrons. The minimum absolute atomic E-state index is 0.0581. The molecule has 0 unspecified atom stereocenters. The summed E-state index contributed by atoms with van der Waals surface area (Å²) in [6.45, 7) is 4.13. The smallest absolute Gasteiger partial charge is 0.345 e. The molecule has 2 heterocycles. The van der Waals surface area contributed by atoms with E-state index in [0.717, 1.165) is 48.0 Å². The Morgan fingerprint density at radius 2 is 2.00 bits per heavy atom. The SMILES string of the molecule is CC(C)Cc1cc(C(=O)NC2CCC(Oc3ccc4ncccc4c3)CC2)nc(=O)[nH]1. The Balaban J connectivity index is 1.32. The van der Waals surface area contributed by atoms with E-state index >= 15 is 0 Å². The van der Waals surface area contributed by atoms with Crippen molar-refractivity contribution in [2.75, 3.05) is 0 Å². The molecule has 0 atom stereocenters. The van der Waals surface area contributed by atoms with Crippen molar-refractivity contribution in [3.8, 4) is 5.75 Å². The number of H-pyrrole nitrogens is 1. The first-order valence-corrected chi connectivity index (χ1v) is 10.9. The van der Waals surface area contributed by atoms with Crippen LogP contribution in [-0.2, 0) is 6.42 Å². The number of nitrogens with zero attached hydrogens (tertiary/aromatic N) is 2. The number of aromatic amines is 1. The predicted octanol–water partition coefficient (Wildman–Crippen LogP) is 3.64. The summed E-state index contributed by atoms with van der Waals surface area (Å²) in [6.07, 6.45) is 5.98. The van der Waals surface area contributed by atoms with Gasteiger partial charge in [0.1, 0.15) is 11.4 Å². The van der Waals surface area contributed by atoms with Crippen molar-refractivity contribution >= 4 is 16.8 Å². The molecule has 7 heteroatoms. The van der Waals surface area contributed by atoms with Gasteiger partial charge in [0.05, 0.1) is 11.6 Å². The van der Waals surface area contributed by atoms with Crippen molar-refractivity contribution in [2.45, 2.75) is 58.1 Å². The van der Waals surface area contributed by atoms with Gasteiger partial charge < -0.3 is 15.0 Å². The Kier molecular flexibility index (Phi) is 6.30. The van der Waals surface area contributed by atoms with E-state index in [4.69, 9.17) is 4.74 Å². The van der Waals surface area contributed by atoms with Crippen molar-refractivity contribution in [1.82, 2.24) is 20.3 Å². The number of hydrogen-bond acceptors (Lipinski definition) is 5. The van der Waals surface area contributed by atoms with E-state index < -0.39 is 5.69 Å². The van der Waals surface area contributed by atoms with Crippen LogP contribution < -0.4 is 15.7 Å². The number of aromatic nitrogens is 3. The van der Waals surface area contributed by atoms with Gasteiger partial charge in [-0.1, -0.05) is 19.9 Å². The maximum atomic E-state index is 12.6. The van der Waals surface area contributed by atoms with E-state index in [-0.39, 0.29) is 23.7 Å². The number of rotatable bonds is 6. The number of nitrogens with one attached hydrogen (secondary N) is 2. The van der Waals surface area contributed by atoms with Crippen molar-refractivity contribution in [2.24, 2.45) is 5.92 Å². The number of ether oxygens (including phenoxy) is 1. The van der Waals surface area contributed by atoms with Crippen LogP contribution in [0.4, 0.5) is 0 Å². The highest BCUT2D eigenvalue weighted by atomic mass is 16.5. The Bertz CT molecular complexity index is 1120. The van der Waals surface area contributed by atoms with Gasteiger partial charge in [0, 0.05) is 23.3 Å². The Labute approximate surface area is 181 Å². The summed E-state index contributed by atoms with van der Waals surface area (Å²) >= 11 is 0. The van der Waals surface area contributed by atoms with Crippen LogP contribution in [0.5, 0.6) is 5.75 Å². The third-order valence-electron chi connectivity index (χ3n) is 5.55. The second-order valence-electron chi connectivity index (χ2n) is 8.62. The van der Waals surface area contributed by atoms with E-state index in [1.807, 2.05) is 30.3 Å². The molecule has 2 N–H and O–H groups in total. The zero-order chi connectivity index (χ0) is 21.8. The third-order valence-corrected chi connectivity index (χ3v) is 5.55. The lowest BCUT2D eigenvalue weighted by Gasteiger charge is -2.29. The molecule has 0 bridgehead atoms. The van der Waals surface area contributed by atoms with Crippen LogP contribution in [0.3, 0.4) is 0 Å². The summed E-state index contributed by atoms with van der Waals surface area (Å²) in [5.74, 6) is 0.934. The van der Waals surface area contributed by atoms with Gasteiger partial charge in [0.25, 0.3) is 5.91 Å². The molecule has 0 aliphatic heterocycles. The van der Waals surface area contributed by atoms with Crippen molar-refractivity contribution in [3.05, 3.63) is 64.5 Å². The lowest BCUT2D eigenvalue weighted by atomic mass is 9.92. The minimum atomic E-state index is -0.481. The van der Waals surface area contributed by atoms with Crippen LogP contribution in [-0.4, -0.2) is 33.0 Å². The molecule has 7 nitrogen and oxygen atoms in total. The number of carbonyl (C=O) groups is 1. The molecule has 3 aromatic rings. The highest BCUT2D eigenvalue weighted by Gasteiger charge is 2.24. The monoisotopic (exact) mass is 420 g/mol. The summed E-state index contributed by atoms with van der Waals surface area (Å²) in [4.78, 5) is 35.4. The molecule has 0 radical (unpaired) electrons. The quantitative estimate of drug-likeness (QED) is 0.635. The predicted molar refractivity (Wildman–Crippen MR) is 119 cm³/mol. The molecule has 0 spiro atoms. The number of hydrogen-bond donors (Lipinski definition) is 2. The first-order valence-electron chi connectivity index (χ1n) is 10.9. The van der Waals surface area contributed by atoms with Crippen LogP contribution in [0.1, 0.15) is 55.7 Å². The standard InChI is InChI=1S/C24H28N4O3/c1-15(2)12-18-14-22(28-24(30)27-18)23(29)26-17-5-7-19(8-6-17)31-20-9-10-21-16(13-20)4-3-11-25-21/h3-4,9-11,13-15,17,19H,5-8,12H2,1-2H3,(H,26,29)(H,27,28,30). The van der Waals surface area contributed by atoms with Crippen LogP contribution in [0.2, 0.25) is 0 Å². The molecular weight excluding hydrogens is 392 g/mol. The minimum Gasteiger partial charge on any atom is -0.490 e. The number of pyridine rings is 1. The molecule has 2 aromatic heterocycles. The van der Waals surface area contributed by atoms with Gasteiger partial charge in [0.2, 0.25) is 0 Å². The molecular formula is C24H28N4O3. The maximum Gasteiger partial charge on any atom is 0.345 e. The molecule has 0 saturated heterocycles. The lowest BCUT2D eigenvalue weighted by molar-refractivity contribution is 0.0888. The summed E-state index contributed by atoms with van der Waals surface area (Å²) in [5.41, 5.74) is 1.39. The zero-order valence-electron chi connectivity index (χ0n) is 17.9. The van der Waals surface area contributed by atoms with Gasteiger partial charge >= 0.3 is 5.69 Å². The first-order chi connectivity index (χ1) is 15.0. The van der Waals surface area contributed by atoms with Gasteiger partial charge in [-0.25, -0.2) is 4.79 Å². The Morgan fingerprint density at radius 1 is 1.19 bits per heavy atom. The fourth-order valence-corrected chi connectivity index (χ4v) is 4.08. The Hall–Kier alpha value is -3.22. The summed E-state index contributed by atoms with van der Waals surface area (Å²) in [7, 11) is 0. The number of amides is 1. The van der Waals surface area contributed by atoms with E-state index in [2.05, 4.69) is 34.1 Å². The molecule has 1 saturated carbocycles. The summed E-state index contributed by atoms with van der Waals surface area (Å²) in [5, 5.41) is 4.09. The van der Waals surface area contributed by atoms with E-state index in [1.54, 1.807) is 12.3 Å². The average Bonchev–Trinajstić information content (AvgIpc) is 2.74. The topological polar surface area (TPSA) is 97.0 Å². The van der Waals surface area contributed by atoms with E-state index in [1.165, 1.54) is 0 Å². The highest BCUT2D eigenvalue weighted by molar-refractivity contribution is 5.92. The summed E-state index contributed by atoms with van der Waals surface area (Å²) in [6, 6.07) is 11.6. The van der Waals surface area contributed by atoms with Gasteiger partial charge in [-0.2, -0.15) is 4.98 Å². The fraction of sp³-hybridized carbons (Fsp3) is 0.417. The third kappa shape index (κ3) is 5.48. The van der Waals surface area contributed by atoms with Crippen LogP contribution >= 0.6 is 0 Å². The molecule has 31 heavy (non-hydrogen) atoms. The van der Waals surface area contributed by atoms with Gasteiger partial charge in [0.15, 0.2) is 0 Å². The first kappa shape index (κ1) is 21.0. The second kappa shape index (κ2) is 9.29. The normalized spacial score (nSPS) is 18.8. The van der Waals surface area contributed by atoms with E-state index in [9.17, 15) is 9.59 Å². The van der Waals surface area contributed by atoms with Crippen molar-refractivity contribution < 1.29 is 9.53 Å². The molecule has 4 rings (SSSR count). The van der Waals surface area contributed by atoms with E-state index in [0.29, 0.717) is 12.3 Å². The van der Waals surface area contributed by atoms with Gasteiger partial charge in [-0.3, -0.25) is 9.78 Å². The number of fused-ring (bicyclic) bond motifs is 1. The Morgan fingerprint density at radius 3 is 2.77 bits per heavy atom. The zero-order valence-corrected chi connectivity index (χ0v) is 17.9. The van der Waals surface area contributed by atoms with Crippen molar-refractivity contribution in [3.63, 3.8) is 0 Å². The molecule has 1 fully saturated rings. The molecule has 1 aliphatic carbocycles. The van der Waals surface area contributed by atoms with Crippen LogP contribution in [0.15, 0.2) is 47.4 Å². The van der Waals surface area contributed by atoms with Gasteiger partial charge in [-0.15, -0.1) is 0 Å². The number of carbonyl (C=O) groups excluding carboxylic acids is 1. The fourth-order valence-electron chi connectivity index (χ4n) is 4.08. The number of benzene rings is 1. The highest BCUT2D eigenvalue weighted by Crippen LogP contribution is 2.26. The largest absolute Gasteiger partial charge is 0.490 e. The average molecular weight is 421 g/mol. The van der Waals surface area contributed by atoms with Crippen LogP contribution in [0.25, 0.3) is 10.9 Å². The van der Waals surface area contributed by atoms with Crippen LogP contribution in [0, 0.1) is 5.92 Å². The van der Waals surface area contributed by atoms with Crippen molar-refractivity contribution in [1.29, 1.82) is 0 Å². The lowest BCUT2D eigenvalue weighted by Crippen LogP contribution is -2.40. The maximum absolute atomic E-state index is 12.6. The molecule has 1 amide bonds. The molecule has 1 aliphatic rings. The second-order valence-corrected chi connectivity index (χ2v) is 8.62. The summed E-state index contributed by atoms with van der Waals surface area (Å²) < 4.78 is 6.17. The molecule has 1 aromatic carbocycles.